The predicted molar refractivity (Wildman–Crippen MR) is 111 cm³/mol. The van der Waals surface area contributed by atoms with Crippen molar-refractivity contribution in [3.05, 3.63) is 35.1 Å². The molecule has 1 aromatic carbocycles. The van der Waals surface area contributed by atoms with Gasteiger partial charge in [-0.05, 0) is 31.0 Å². The van der Waals surface area contributed by atoms with E-state index in [0.717, 1.165) is 39.1 Å². The molecule has 144 valence electrons. The number of benzene rings is 1. The van der Waals surface area contributed by atoms with Crippen molar-refractivity contribution in [3.8, 4) is 6.07 Å². The Morgan fingerprint density at radius 1 is 1.42 bits per heavy atom. The van der Waals surface area contributed by atoms with Gasteiger partial charge in [0.15, 0.2) is 5.96 Å². The number of nitrogens with zero attached hydrogens (tertiary/aromatic N) is 3. The molecule has 2 rings (SSSR count). The molecule has 1 fully saturated rings. The summed E-state index contributed by atoms with van der Waals surface area (Å²) in [7, 11) is 3.42. The van der Waals surface area contributed by atoms with Gasteiger partial charge in [-0.15, -0.1) is 24.0 Å². The van der Waals surface area contributed by atoms with Crippen molar-refractivity contribution in [1.82, 2.24) is 15.5 Å². The zero-order chi connectivity index (χ0) is 18.1. The molecule has 0 unspecified atom stereocenters. The number of rotatable bonds is 6. The van der Waals surface area contributed by atoms with Crippen LogP contribution >= 0.6 is 24.0 Å². The fourth-order valence-electron chi connectivity index (χ4n) is 2.87. The Bertz CT molecular complexity index is 626. The molecule has 0 bridgehead atoms. The van der Waals surface area contributed by atoms with Crippen LogP contribution in [0.2, 0.25) is 0 Å². The lowest BCUT2D eigenvalue weighted by atomic mass is 10.1. The third-order valence-electron chi connectivity index (χ3n) is 4.38. The number of methoxy groups -OCH3 is 1. The highest BCUT2D eigenvalue weighted by Crippen LogP contribution is 2.11. The molecular weight excluding hydrogens is 448 g/mol. The van der Waals surface area contributed by atoms with Crippen molar-refractivity contribution in [1.29, 1.82) is 5.26 Å². The summed E-state index contributed by atoms with van der Waals surface area (Å²) in [6.45, 7) is 4.06. The van der Waals surface area contributed by atoms with Gasteiger partial charge in [0.1, 0.15) is 5.82 Å². The SMILES string of the molecule is CN=C(NCc1cc(C#N)ccc1F)NC1CCN(CCOC)CC1.I. The van der Waals surface area contributed by atoms with Crippen LogP contribution in [0.25, 0.3) is 0 Å². The molecule has 0 atom stereocenters. The Balaban J connectivity index is 0.00000338. The molecule has 1 aliphatic heterocycles. The average molecular weight is 475 g/mol. The Morgan fingerprint density at radius 3 is 2.77 bits per heavy atom. The van der Waals surface area contributed by atoms with Gasteiger partial charge < -0.3 is 20.3 Å². The summed E-state index contributed by atoms with van der Waals surface area (Å²) in [4.78, 5) is 6.60. The van der Waals surface area contributed by atoms with Crippen LogP contribution in [0.3, 0.4) is 0 Å². The fourth-order valence-corrected chi connectivity index (χ4v) is 2.87. The molecule has 26 heavy (non-hydrogen) atoms. The second-order valence-electron chi connectivity index (χ2n) is 6.10. The zero-order valence-electron chi connectivity index (χ0n) is 15.3. The van der Waals surface area contributed by atoms with Crippen LogP contribution in [0.1, 0.15) is 24.0 Å². The second-order valence-corrected chi connectivity index (χ2v) is 6.10. The van der Waals surface area contributed by atoms with E-state index in [4.69, 9.17) is 10.00 Å². The molecule has 1 heterocycles. The van der Waals surface area contributed by atoms with Crippen LogP contribution in [0, 0.1) is 17.1 Å². The lowest BCUT2D eigenvalue weighted by molar-refractivity contribution is 0.128. The predicted octanol–water partition coefficient (Wildman–Crippen LogP) is 2.09. The number of halogens is 2. The highest BCUT2D eigenvalue weighted by Gasteiger charge is 2.19. The van der Waals surface area contributed by atoms with E-state index in [2.05, 4.69) is 20.5 Å². The zero-order valence-corrected chi connectivity index (χ0v) is 17.6. The number of piperidine rings is 1. The standard InChI is InChI=1S/C18H26FN5O.HI/c1-21-18(22-13-15-11-14(12-20)3-4-17(15)19)23-16-5-7-24(8-6-16)9-10-25-2;/h3-4,11,16H,5-10,13H2,1-2H3,(H2,21,22,23);1H. The number of nitriles is 1. The number of guanidine groups is 1. The Labute approximate surface area is 171 Å². The van der Waals surface area contributed by atoms with Crippen LogP contribution < -0.4 is 10.6 Å². The first-order valence-electron chi connectivity index (χ1n) is 8.53. The minimum absolute atomic E-state index is 0. The Hall–Kier alpha value is -1.44. The maximum absolute atomic E-state index is 13.8. The third kappa shape index (κ3) is 7.05. The van der Waals surface area contributed by atoms with Gasteiger partial charge in [0.2, 0.25) is 0 Å². The van der Waals surface area contributed by atoms with E-state index in [-0.39, 0.29) is 36.3 Å². The summed E-state index contributed by atoms with van der Waals surface area (Å²) in [5, 5.41) is 15.4. The van der Waals surface area contributed by atoms with E-state index in [0.29, 0.717) is 23.1 Å². The van der Waals surface area contributed by atoms with Gasteiger partial charge in [0, 0.05) is 51.9 Å². The van der Waals surface area contributed by atoms with E-state index in [1.54, 1.807) is 20.2 Å². The minimum Gasteiger partial charge on any atom is -0.383 e. The lowest BCUT2D eigenvalue weighted by Crippen LogP contribution is -2.48. The van der Waals surface area contributed by atoms with Crippen LogP contribution in [0.4, 0.5) is 4.39 Å². The van der Waals surface area contributed by atoms with Crippen LogP contribution in [-0.4, -0.2) is 57.3 Å². The average Bonchev–Trinajstić information content (AvgIpc) is 2.65. The summed E-state index contributed by atoms with van der Waals surface area (Å²) in [6, 6.07) is 6.73. The first-order valence-corrected chi connectivity index (χ1v) is 8.53. The van der Waals surface area contributed by atoms with Crippen LogP contribution in [-0.2, 0) is 11.3 Å². The van der Waals surface area contributed by atoms with E-state index in [9.17, 15) is 4.39 Å². The summed E-state index contributed by atoms with van der Waals surface area (Å²) in [5.41, 5.74) is 0.904. The third-order valence-corrected chi connectivity index (χ3v) is 4.38. The fraction of sp³-hybridized carbons (Fsp3) is 0.556. The van der Waals surface area contributed by atoms with Gasteiger partial charge in [0.25, 0.3) is 0 Å². The Kier molecular flexibility index (Phi) is 10.5. The van der Waals surface area contributed by atoms with E-state index in [1.165, 1.54) is 12.1 Å². The number of nitrogens with one attached hydrogen (secondary N) is 2. The molecule has 0 aromatic heterocycles. The molecule has 1 aliphatic rings. The van der Waals surface area contributed by atoms with Gasteiger partial charge >= 0.3 is 0 Å². The molecule has 8 heteroatoms. The van der Waals surface area contributed by atoms with Gasteiger partial charge in [-0.2, -0.15) is 5.26 Å². The molecule has 0 radical (unpaired) electrons. The van der Waals surface area contributed by atoms with Crippen molar-refractivity contribution >= 4 is 29.9 Å². The van der Waals surface area contributed by atoms with E-state index in [1.807, 2.05) is 6.07 Å². The van der Waals surface area contributed by atoms with Crippen molar-refractivity contribution in [3.63, 3.8) is 0 Å². The van der Waals surface area contributed by atoms with Gasteiger partial charge in [0.05, 0.1) is 18.2 Å². The van der Waals surface area contributed by atoms with Crippen molar-refractivity contribution in [2.24, 2.45) is 4.99 Å². The lowest BCUT2D eigenvalue weighted by Gasteiger charge is -2.32. The number of aliphatic imine (C=N–C) groups is 1. The van der Waals surface area contributed by atoms with Crippen molar-refractivity contribution in [2.45, 2.75) is 25.4 Å². The number of likely N-dealkylation sites (tertiary alicyclic amines) is 1. The molecule has 1 saturated heterocycles. The number of hydrogen-bond donors (Lipinski definition) is 2. The highest BCUT2D eigenvalue weighted by molar-refractivity contribution is 14.0. The van der Waals surface area contributed by atoms with E-state index >= 15 is 0 Å². The molecule has 0 aliphatic carbocycles. The first-order chi connectivity index (χ1) is 12.2. The molecule has 0 amide bonds. The highest BCUT2D eigenvalue weighted by atomic mass is 127. The number of ether oxygens (including phenoxy) is 1. The number of hydrogen-bond acceptors (Lipinski definition) is 4. The molecule has 2 N–H and O–H groups in total. The molecule has 6 nitrogen and oxygen atoms in total. The maximum atomic E-state index is 13.8. The molecule has 0 saturated carbocycles. The van der Waals surface area contributed by atoms with E-state index < -0.39 is 0 Å². The quantitative estimate of drug-likeness (QED) is 0.375. The van der Waals surface area contributed by atoms with Gasteiger partial charge in [-0.1, -0.05) is 0 Å². The van der Waals surface area contributed by atoms with Gasteiger partial charge in [-0.3, -0.25) is 4.99 Å². The topological polar surface area (TPSA) is 72.7 Å². The monoisotopic (exact) mass is 475 g/mol. The summed E-state index contributed by atoms with van der Waals surface area (Å²) < 4.78 is 19.0. The van der Waals surface area contributed by atoms with Gasteiger partial charge in [-0.25, -0.2) is 4.39 Å². The van der Waals surface area contributed by atoms with Crippen LogP contribution in [0.15, 0.2) is 23.2 Å². The van der Waals surface area contributed by atoms with Crippen molar-refractivity contribution < 1.29 is 9.13 Å². The smallest absolute Gasteiger partial charge is 0.191 e. The maximum Gasteiger partial charge on any atom is 0.191 e. The van der Waals surface area contributed by atoms with Crippen molar-refractivity contribution in [2.75, 3.05) is 40.4 Å². The minimum atomic E-state index is -0.326. The molecular formula is C18H27FIN5O. The first kappa shape index (κ1) is 22.6. The van der Waals surface area contributed by atoms with Crippen LogP contribution in [0.5, 0.6) is 0 Å². The molecule has 1 aromatic rings. The Morgan fingerprint density at radius 2 is 2.15 bits per heavy atom. The molecule has 0 spiro atoms. The summed E-state index contributed by atoms with van der Waals surface area (Å²) >= 11 is 0. The summed E-state index contributed by atoms with van der Waals surface area (Å²) in [5.74, 6) is 0.325. The second kappa shape index (κ2) is 12.0. The summed E-state index contributed by atoms with van der Waals surface area (Å²) in [6.07, 6.45) is 2.06. The largest absolute Gasteiger partial charge is 0.383 e. The normalized spacial score (nSPS) is 15.8.